The van der Waals surface area contributed by atoms with Crippen LogP contribution in [0.3, 0.4) is 0 Å². The maximum Gasteiger partial charge on any atom is 0.261 e. The van der Waals surface area contributed by atoms with E-state index in [2.05, 4.69) is 10.6 Å². The molecule has 0 atom stereocenters. The van der Waals surface area contributed by atoms with Gasteiger partial charge in [0.2, 0.25) is 5.91 Å². The van der Waals surface area contributed by atoms with E-state index in [1.54, 1.807) is 12.1 Å². The SMILES string of the molecule is O=C(CNC(=O)c1cccs1)NCCOc1ccccc1. The van der Waals surface area contributed by atoms with E-state index in [4.69, 9.17) is 4.74 Å². The molecule has 0 radical (unpaired) electrons. The number of carbonyl (C=O) groups is 2. The molecular formula is C15H16N2O3S. The second kappa shape index (κ2) is 8.06. The number of para-hydroxylation sites is 1. The molecule has 0 saturated carbocycles. The normalized spacial score (nSPS) is 9.90. The van der Waals surface area contributed by atoms with Crippen molar-refractivity contribution >= 4 is 23.2 Å². The fourth-order valence-corrected chi connectivity index (χ4v) is 2.23. The summed E-state index contributed by atoms with van der Waals surface area (Å²) < 4.78 is 5.44. The predicted octanol–water partition coefficient (Wildman–Crippen LogP) is 1.67. The fraction of sp³-hybridized carbons (Fsp3) is 0.200. The minimum atomic E-state index is -0.239. The first kappa shape index (κ1) is 15.1. The van der Waals surface area contributed by atoms with Crippen LogP contribution in [-0.2, 0) is 4.79 Å². The van der Waals surface area contributed by atoms with Crippen LogP contribution in [-0.4, -0.2) is 31.5 Å². The van der Waals surface area contributed by atoms with Gasteiger partial charge in [-0.05, 0) is 23.6 Å². The molecule has 2 aromatic rings. The lowest BCUT2D eigenvalue weighted by molar-refractivity contribution is -0.120. The lowest BCUT2D eigenvalue weighted by Crippen LogP contribution is -2.38. The summed E-state index contributed by atoms with van der Waals surface area (Å²) in [7, 11) is 0. The third-order valence-electron chi connectivity index (χ3n) is 2.59. The molecule has 6 heteroatoms. The molecule has 0 aliphatic rings. The Hall–Kier alpha value is -2.34. The number of thiophene rings is 1. The summed E-state index contributed by atoms with van der Waals surface area (Å²) in [6.45, 7) is 0.735. The minimum Gasteiger partial charge on any atom is -0.492 e. The summed E-state index contributed by atoms with van der Waals surface area (Å²) in [6.07, 6.45) is 0. The van der Waals surface area contributed by atoms with Gasteiger partial charge >= 0.3 is 0 Å². The quantitative estimate of drug-likeness (QED) is 0.765. The summed E-state index contributed by atoms with van der Waals surface area (Å²) in [6, 6.07) is 12.9. The van der Waals surface area contributed by atoms with Gasteiger partial charge in [0.25, 0.3) is 5.91 Å². The number of nitrogens with one attached hydrogen (secondary N) is 2. The van der Waals surface area contributed by atoms with Gasteiger partial charge in [-0.2, -0.15) is 0 Å². The van der Waals surface area contributed by atoms with Crippen molar-refractivity contribution in [3.8, 4) is 5.75 Å². The molecule has 0 bridgehead atoms. The van der Waals surface area contributed by atoms with Crippen LogP contribution in [0.2, 0.25) is 0 Å². The van der Waals surface area contributed by atoms with Crippen molar-refractivity contribution < 1.29 is 14.3 Å². The van der Waals surface area contributed by atoms with Crippen LogP contribution < -0.4 is 15.4 Å². The molecule has 1 aromatic heterocycles. The van der Waals surface area contributed by atoms with Crippen molar-refractivity contribution in [2.45, 2.75) is 0 Å². The lowest BCUT2D eigenvalue weighted by atomic mass is 10.3. The zero-order valence-electron chi connectivity index (χ0n) is 11.4. The van der Waals surface area contributed by atoms with Crippen LogP contribution in [0.5, 0.6) is 5.75 Å². The molecule has 110 valence electrons. The van der Waals surface area contributed by atoms with Crippen LogP contribution in [0, 0.1) is 0 Å². The minimum absolute atomic E-state index is 0.0396. The topological polar surface area (TPSA) is 67.4 Å². The standard InChI is InChI=1S/C15H16N2O3S/c18-14(11-17-15(19)13-7-4-10-21-13)16-8-9-20-12-5-2-1-3-6-12/h1-7,10H,8-9,11H2,(H,16,18)(H,17,19). The van der Waals surface area contributed by atoms with E-state index in [1.165, 1.54) is 11.3 Å². The first-order chi connectivity index (χ1) is 10.3. The number of hydrogen-bond donors (Lipinski definition) is 2. The molecule has 2 amide bonds. The zero-order valence-corrected chi connectivity index (χ0v) is 12.2. The molecule has 5 nitrogen and oxygen atoms in total. The lowest BCUT2D eigenvalue weighted by Gasteiger charge is -2.08. The van der Waals surface area contributed by atoms with Crippen LogP contribution in [0.1, 0.15) is 9.67 Å². The molecule has 1 heterocycles. The Kier molecular flexibility index (Phi) is 5.78. The number of amides is 2. The van der Waals surface area contributed by atoms with Crippen LogP contribution in [0.4, 0.5) is 0 Å². The van der Waals surface area contributed by atoms with Crippen LogP contribution >= 0.6 is 11.3 Å². The van der Waals surface area contributed by atoms with Gasteiger partial charge in [-0.15, -0.1) is 11.3 Å². The smallest absolute Gasteiger partial charge is 0.261 e. The van der Waals surface area contributed by atoms with Crippen molar-refractivity contribution in [3.05, 3.63) is 52.7 Å². The molecule has 0 spiro atoms. The van der Waals surface area contributed by atoms with Crippen molar-refractivity contribution in [3.63, 3.8) is 0 Å². The average Bonchev–Trinajstić information content (AvgIpc) is 3.05. The van der Waals surface area contributed by atoms with Crippen LogP contribution in [0.25, 0.3) is 0 Å². The number of ether oxygens (including phenoxy) is 1. The van der Waals surface area contributed by atoms with E-state index >= 15 is 0 Å². The molecule has 21 heavy (non-hydrogen) atoms. The highest BCUT2D eigenvalue weighted by Gasteiger charge is 2.08. The molecule has 0 aliphatic heterocycles. The Bertz CT molecular complexity index is 570. The number of hydrogen-bond acceptors (Lipinski definition) is 4. The highest BCUT2D eigenvalue weighted by molar-refractivity contribution is 7.12. The van der Waals surface area contributed by atoms with E-state index in [9.17, 15) is 9.59 Å². The number of benzene rings is 1. The van der Waals surface area contributed by atoms with Crippen molar-refractivity contribution in [1.82, 2.24) is 10.6 Å². The monoisotopic (exact) mass is 304 g/mol. The van der Waals surface area contributed by atoms with E-state index in [1.807, 2.05) is 35.7 Å². The Morgan fingerprint density at radius 3 is 2.57 bits per heavy atom. The van der Waals surface area contributed by atoms with Gasteiger partial charge in [0, 0.05) is 0 Å². The number of carbonyl (C=O) groups excluding carboxylic acids is 2. The highest BCUT2D eigenvalue weighted by Crippen LogP contribution is 2.08. The molecule has 2 rings (SSSR count). The van der Waals surface area contributed by atoms with E-state index in [-0.39, 0.29) is 18.4 Å². The van der Waals surface area contributed by atoms with Crippen molar-refractivity contribution in [2.75, 3.05) is 19.7 Å². The average molecular weight is 304 g/mol. The maximum absolute atomic E-state index is 11.6. The van der Waals surface area contributed by atoms with Gasteiger partial charge in [0.1, 0.15) is 12.4 Å². The van der Waals surface area contributed by atoms with Crippen LogP contribution in [0.15, 0.2) is 47.8 Å². The summed E-state index contributed by atoms with van der Waals surface area (Å²) in [4.78, 5) is 23.8. The Morgan fingerprint density at radius 1 is 1.05 bits per heavy atom. The molecule has 2 N–H and O–H groups in total. The second-order valence-electron chi connectivity index (χ2n) is 4.17. The first-order valence-corrected chi connectivity index (χ1v) is 7.40. The van der Waals surface area contributed by atoms with Crippen molar-refractivity contribution in [1.29, 1.82) is 0 Å². The predicted molar refractivity (Wildman–Crippen MR) is 81.6 cm³/mol. The van der Waals surface area contributed by atoms with Gasteiger partial charge in [0.05, 0.1) is 18.0 Å². The van der Waals surface area contributed by atoms with Crippen molar-refractivity contribution in [2.24, 2.45) is 0 Å². The first-order valence-electron chi connectivity index (χ1n) is 6.52. The molecule has 0 unspecified atom stereocenters. The van der Waals surface area contributed by atoms with E-state index in [0.717, 1.165) is 5.75 Å². The van der Waals surface area contributed by atoms with Gasteiger partial charge < -0.3 is 15.4 Å². The Morgan fingerprint density at radius 2 is 1.86 bits per heavy atom. The molecule has 1 aromatic carbocycles. The largest absolute Gasteiger partial charge is 0.492 e. The fourth-order valence-electron chi connectivity index (χ4n) is 1.59. The highest BCUT2D eigenvalue weighted by atomic mass is 32.1. The third-order valence-corrected chi connectivity index (χ3v) is 3.46. The Labute approximate surface area is 126 Å². The summed E-state index contributed by atoms with van der Waals surface area (Å²) in [5, 5.41) is 7.06. The summed E-state index contributed by atoms with van der Waals surface area (Å²) in [5.41, 5.74) is 0. The Balaban J connectivity index is 1.59. The van der Waals surface area contributed by atoms with E-state index < -0.39 is 0 Å². The third kappa shape index (κ3) is 5.27. The van der Waals surface area contributed by atoms with Gasteiger partial charge in [0.15, 0.2) is 0 Å². The maximum atomic E-state index is 11.6. The van der Waals surface area contributed by atoms with Gasteiger partial charge in [-0.1, -0.05) is 24.3 Å². The molecule has 0 aliphatic carbocycles. The van der Waals surface area contributed by atoms with E-state index in [0.29, 0.717) is 18.0 Å². The second-order valence-corrected chi connectivity index (χ2v) is 5.12. The summed E-state index contributed by atoms with van der Waals surface area (Å²) in [5.74, 6) is 0.287. The molecule has 0 fully saturated rings. The zero-order chi connectivity index (χ0) is 14.9. The van der Waals surface area contributed by atoms with Gasteiger partial charge in [-0.3, -0.25) is 9.59 Å². The summed E-state index contributed by atoms with van der Waals surface area (Å²) >= 11 is 1.34. The molecule has 0 saturated heterocycles. The number of rotatable bonds is 7. The van der Waals surface area contributed by atoms with Gasteiger partial charge in [-0.25, -0.2) is 0 Å². The molecular weight excluding hydrogens is 288 g/mol.